The lowest BCUT2D eigenvalue weighted by Gasteiger charge is -2.39. The molecular formula is C15H23N3O. The fourth-order valence-corrected chi connectivity index (χ4v) is 2.75. The Kier molecular flexibility index (Phi) is 3.31. The Hall–Kier alpha value is -1.00. The Balaban J connectivity index is 1.83. The number of ether oxygens (including phenoxy) is 1. The van der Waals surface area contributed by atoms with E-state index in [4.69, 9.17) is 14.7 Å². The molecule has 0 saturated heterocycles. The lowest BCUT2D eigenvalue weighted by Crippen LogP contribution is -2.38. The summed E-state index contributed by atoms with van der Waals surface area (Å²) in [6, 6.07) is 0.718. The Labute approximate surface area is 115 Å². The first-order chi connectivity index (χ1) is 9.14. The predicted octanol–water partition coefficient (Wildman–Crippen LogP) is 2.37. The van der Waals surface area contributed by atoms with E-state index in [-0.39, 0.29) is 5.60 Å². The van der Waals surface area contributed by atoms with Gasteiger partial charge in [0.05, 0.1) is 0 Å². The van der Waals surface area contributed by atoms with Gasteiger partial charge < -0.3 is 10.1 Å². The van der Waals surface area contributed by atoms with Gasteiger partial charge in [0.15, 0.2) is 5.82 Å². The fraction of sp³-hybridized carbons (Fsp3) is 0.733. The molecule has 0 unspecified atom stereocenters. The topological polar surface area (TPSA) is 47.0 Å². The molecule has 3 rings (SSSR count). The molecule has 0 bridgehead atoms. The normalized spacial score (nSPS) is 21.2. The van der Waals surface area contributed by atoms with Crippen LogP contribution in [0.25, 0.3) is 0 Å². The maximum absolute atomic E-state index is 5.68. The van der Waals surface area contributed by atoms with E-state index in [1.54, 1.807) is 7.11 Å². The minimum atomic E-state index is -0.210. The van der Waals surface area contributed by atoms with E-state index in [2.05, 4.69) is 19.2 Å². The fourth-order valence-electron chi connectivity index (χ4n) is 2.75. The molecule has 4 heteroatoms. The van der Waals surface area contributed by atoms with Crippen LogP contribution in [-0.4, -0.2) is 23.1 Å². The van der Waals surface area contributed by atoms with Crippen LogP contribution >= 0.6 is 0 Å². The van der Waals surface area contributed by atoms with E-state index in [9.17, 15) is 0 Å². The summed E-state index contributed by atoms with van der Waals surface area (Å²) in [5, 5.41) is 3.54. The summed E-state index contributed by atoms with van der Waals surface area (Å²) in [7, 11) is 1.77. The molecular weight excluding hydrogens is 238 g/mol. The van der Waals surface area contributed by atoms with E-state index < -0.39 is 0 Å². The molecule has 1 aromatic heterocycles. The number of methoxy groups -OCH3 is 1. The van der Waals surface area contributed by atoms with Gasteiger partial charge in [-0.25, -0.2) is 9.97 Å². The molecule has 0 aliphatic heterocycles. The smallest absolute Gasteiger partial charge is 0.160 e. The highest BCUT2D eigenvalue weighted by molar-refractivity contribution is 5.26. The number of aryl methyl sites for hydroxylation is 2. The van der Waals surface area contributed by atoms with Crippen LogP contribution in [0, 0.1) is 13.8 Å². The molecule has 2 fully saturated rings. The SMILES string of the molecule is COC1(c2nc(C)c(CNC3CC3)c(C)n2)CCC1. The van der Waals surface area contributed by atoms with Gasteiger partial charge in [-0.3, -0.25) is 0 Å². The van der Waals surface area contributed by atoms with Gasteiger partial charge in [0.2, 0.25) is 0 Å². The lowest BCUT2D eigenvalue weighted by molar-refractivity contribution is -0.0849. The molecule has 4 nitrogen and oxygen atoms in total. The molecule has 0 spiro atoms. The van der Waals surface area contributed by atoms with Crippen LogP contribution in [0.15, 0.2) is 0 Å². The van der Waals surface area contributed by atoms with Gasteiger partial charge in [0.25, 0.3) is 0 Å². The largest absolute Gasteiger partial charge is 0.370 e. The van der Waals surface area contributed by atoms with Crippen molar-refractivity contribution in [2.75, 3.05) is 7.11 Å². The van der Waals surface area contributed by atoms with Crippen molar-refractivity contribution < 1.29 is 4.74 Å². The molecule has 0 amide bonds. The third-order valence-electron chi connectivity index (χ3n) is 4.53. The minimum absolute atomic E-state index is 0.210. The van der Waals surface area contributed by atoms with Gasteiger partial charge in [0, 0.05) is 36.6 Å². The zero-order valence-corrected chi connectivity index (χ0v) is 12.1. The Morgan fingerprint density at radius 3 is 2.26 bits per heavy atom. The minimum Gasteiger partial charge on any atom is -0.370 e. The van der Waals surface area contributed by atoms with Crippen molar-refractivity contribution in [2.45, 2.75) is 64.1 Å². The number of hydrogen-bond donors (Lipinski definition) is 1. The van der Waals surface area contributed by atoms with Crippen LogP contribution in [0.3, 0.4) is 0 Å². The van der Waals surface area contributed by atoms with Crippen LogP contribution in [0.1, 0.15) is 54.9 Å². The molecule has 1 N–H and O–H groups in total. The van der Waals surface area contributed by atoms with Gasteiger partial charge in [0.1, 0.15) is 5.60 Å². The summed E-state index contributed by atoms with van der Waals surface area (Å²) in [5.74, 6) is 0.881. The highest BCUT2D eigenvalue weighted by atomic mass is 16.5. The molecule has 19 heavy (non-hydrogen) atoms. The second kappa shape index (κ2) is 4.84. The van der Waals surface area contributed by atoms with Crippen molar-refractivity contribution in [3.63, 3.8) is 0 Å². The van der Waals surface area contributed by atoms with E-state index in [1.165, 1.54) is 24.8 Å². The first-order valence-electron chi connectivity index (χ1n) is 7.28. The second-order valence-electron chi connectivity index (χ2n) is 5.90. The summed E-state index contributed by atoms with van der Waals surface area (Å²) in [5.41, 5.74) is 3.23. The highest BCUT2D eigenvalue weighted by Crippen LogP contribution is 2.42. The summed E-state index contributed by atoms with van der Waals surface area (Å²) in [6.07, 6.45) is 5.91. The molecule has 1 heterocycles. The number of aromatic nitrogens is 2. The Bertz CT molecular complexity index is 450. The number of nitrogens with zero attached hydrogens (tertiary/aromatic N) is 2. The van der Waals surface area contributed by atoms with Crippen LogP contribution < -0.4 is 5.32 Å². The van der Waals surface area contributed by atoms with Crippen LogP contribution in [0.2, 0.25) is 0 Å². The second-order valence-corrected chi connectivity index (χ2v) is 5.90. The Morgan fingerprint density at radius 1 is 1.21 bits per heavy atom. The van der Waals surface area contributed by atoms with Crippen molar-refractivity contribution >= 4 is 0 Å². The summed E-state index contributed by atoms with van der Waals surface area (Å²) >= 11 is 0. The molecule has 1 aromatic rings. The van der Waals surface area contributed by atoms with Gasteiger partial charge >= 0.3 is 0 Å². The van der Waals surface area contributed by atoms with Gasteiger partial charge in [-0.2, -0.15) is 0 Å². The van der Waals surface area contributed by atoms with E-state index in [1.807, 2.05) is 0 Å². The highest BCUT2D eigenvalue weighted by Gasteiger charge is 2.42. The Morgan fingerprint density at radius 2 is 1.84 bits per heavy atom. The van der Waals surface area contributed by atoms with Crippen molar-refractivity contribution in [3.8, 4) is 0 Å². The third kappa shape index (κ3) is 2.39. The van der Waals surface area contributed by atoms with Crippen molar-refractivity contribution in [1.29, 1.82) is 0 Å². The quantitative estimate of drug-likeness (QED) is 0.884. The van der Waals surface area contributed by atoms with E-state index in [0.717, 1.165) is 42.6 Å². The van der Waals surface area contributed by atoms with Crippen molar-refractivity contribution in [2.24, 2.45) is 0 Å². The molecule has 2 aliphatic rings. The van der Waals surface area contributed by atoms with Gasteiger partial charge in [-0.15, -0.1) is 0 Å². The van der Waals surface area contributed by atoms with Crippen LogP contribution in [0.5, 0.6) is 0 Å². The van der Waals surface area contributed by atoms with Gasteiger partial charge in [-0.1, -0.05) is 0 Å². The number of nitrogens with one attached hydrogen (secondary N) is 1. The number of rotatable bonds is 5. The molecule has 2 aliphatic carbocycles. The molecule has 104 valence electrons. The maximum Gasteiger partial charge on any atom is 0.160 e. The van der Waals surface area contributed by atoms with Crippen LogP contribution in [-0.2, 0) is 16.9 Å². The van der Waals surface area contributed by atoms with E-state index >= 15 is 0 Å². The van der Waals surface area contributed by atoms with Crippen molar-refractivity contribution in [1.82, 2.24) is 15.3 Å². The molecule has 2 saturated carbocycles. The number of hydrogen-bond acceptors (Lipinski definition) is 4. The zero-order valence-electron chi connectivity index (χ0n) is 12.1. The maximum atomic E-state index is 5.68. The van der Waals surface area contributed by atoms with E-state index in [0.29, 0.717) is 0 Å². The summed E-state index contributed by atoms with van der Waals surface area (Å²) in [4.78, 5) is 9.44. The average Bonchev–Trinajstić information content (AvgIpc) is 3.11. The zero-order chi connectivity index (χ0) is 13.5. The lowest BCUT2D eigenvalue weighted by atomic mass is 9.79. The molecule has 0 atom stereocenters. The third-order valence-corrected chi connectivity index (χ3v) is 4.53. The van der Waals surface area contributed by atoms with Crippen molar-refractivity contribution in [3.05, 3.63) is 22.8 Å². The predicted molar refractivity (Wildman–Crippen MR) is 73.9 cm³/mol. The molecule has 0 aromatic carbocycles. The monoisotopic (exact) mass is 261 g/mol. The summed E-state index contributed by atoms with van der Waals surface area (Å²) in [6.45, 7) is 5.07. The standard InChI is InChI=1S/C15H23N3O/c1-10-13(9-16-12-5-6-12)11(2)18-14(17-10)15(19-3)7-4-8-15/h12,16H,4-9H2,1-3H3. The van der Waals surface area contributed by atoms with Crippen LogP contribution in [0.4, 0.5) is 0 Å². The van der Waals surface area contributed by atoms with Gasteiger partial charge in [-0.05, 0) is 46.0 Å². The first-order valence-corrected chi connectivity index (χ1v) is 7.28. The first kappa shape index (κ1) is 13.0. The molecule has 0 radical (unpaired) electrons. The average molecular weight is 261 g/mol. The summed E-state index contributed by atoms with van der Waals surface area (Å²) < 4.78 is 5.68.